The van der Waals surface area contributed by atoms with Crippen molar-refractivity contribution >= 4 is 38.9 Å². The number of nitrogens with one attached hydrogen (secondary N) is 1. The first-order valence-electron chi connectivity index (χ1n) is 8.97. The summed E-state index contributed by atoms with van der Waals surface area (Å²) in [6.45, 7) is 2.13. The van der Waals surface area contributed by atoms with Gasteiger partial charge in [0.2, 0.25) is 0 Å². The molecule has 3 aromatic rings. The molecule has 9 heteroatoms. The second-order valence-corrected chi connectivity index (χ2v) is 8.89. The predicted octanol–water partition coefficient (Wildman–Crippen LogP) is 4.68. The second kappa shape index (κ2) is 8.98. The van der Waals surface area contributed by atoms with E-state index in [4.69, 9.17) is 23.2 Å². The lowest BCUT2D eigenvalue weighted by atomic mass is 10.1. The SMILES string of the molecule is CCCCc1ccc(NS(=O)(=O)c2ccc(-n3ncc(Cl)c(Cl)c3=O)cc2)cc1. The molecule has 0 spiro atoms. The molecule has 1 heterocycles. The number of aromatic nitrogens is 2. The highest BCUT2D eigenvalue weighted by atomic mass is 35.5. The maximum absolute atomic E-state index is 12.6. The average Bonchev–Trinajstić information content (AvgIpc) is 2.71. The van der Waals surface area contributed by atoms with E-state index in [9.17, 15) is 13.2 Å². The number of sulfonamides is 1. The third kappa shape index (κ3) is 4.98. The monoisotopic (exact) mass is 451 g/mol. The third-order valence-electron chi connectivity index (χ3n) is 4.29. The summed E-state index contributed by atoms with van der Waals surface area (Å²) in [4.78, 5) is 12.2. The van der Waals surface area contributed by atoms with Crippen LogP contribution in [0.2, 0.25) is 10.0 Å². The van der Waals surface area contributed by atoms with Gasteiger partial charge in [0, 0.05) is 5.69 Å². The van der Waals surface area contributed by atoms with Crippen molar-refractivity contribution in [3.8, 4) is 5.69 Å². The van der Waals surface area contributed by atoms with Gasteiger partial charge in [0.25, 0.3) is 15.6 Å². The Morgan fingerprint density at radius 2 is 1.69 bits per heavy atom. The molecule has 0 bridgehead atoms. The number of unbranched alkanes of at least 4 members (excludes halogenated alkanes) is 1. The summed E-state index contributed by atoms with van der Waals surface area (Å²) in [5.74, 6) is 0. The first-order valence-corrected chi connectivity index (χ1v) is 11.2. The standard InChI is InChI=1S/C20H19Cl2N3O3S/c1-2-3-4-14-5-7-15(8-6-14)24-29(27,28)17-11-9-16(10-12-17)25-20(26)19(22)18(21)13-23-25/h5-13,24H,2-4H2,1H3. The lowest BCUT2D eigenvalue weighted by molar-refractivity contribution is 0.601. The first-order chi connectivity index (χ1) is 13.8. The van der Waals surface area contributed by atoms with Crippen LogP contribution in [0.5, 0.6) is 0 Å². The highest BCUT2D eigenvalue weighted by Gasteiger charge is 2.15. The largest absolute Gasteiger partial charge is 0.291 e. The van der Waals surface area contributed by atoms with E-state index < -0.39 is 15.6 Å². The van der Waals surface area contributed by atoms with Crippen LogP contribution in [0.4, 0.5) is 5.69 Å². The molecule has 29 heavy (non-hydrogen) atoms. The Balaban J connectivity index is 1.80. The zero-order chi connectivity index (χ0) is 21.0. The van der Waals surface area contributed by atoms with Crippen molar-refractivity contribution < 1.29 is 8.42 Å². The summed E-state index contributed by atoms with van der Waals surface area (Å²) in [5, 5.41) is 3.82. The van der Waals surface area contributed by atoms with Gasteiger partial charge in [0.05, 0.1) is 21.8 Å². The Kier molecular flexibility index (Phi) is 6.62. The number of hydrogen-bond acceptors (Lipinski definition) is 4. The Morgan fingerprint density at radius 1 is 1.03 bits per heavy atom. The van der Waals surface area contributed by atoms with E-state index in [1.54, 1.807) is 12.1 Å². The van der Waals surface area contributed by atoms with Crippen LogP contribution in [-0.4, -0.2) is 18.2 Å². The lowest BCUT2D eigenvalue weighted by Crippen LogP contribution is -2.21. The van der Waals surface area contributed by atoms with Crippen LogP contribution in [0.1, 0.15) is 25.3 Å². The van der Waals surface area contributed by atoms with Crippen LogP contribution in [0, 0.1) is 0 Å². The molecule has 0 radical (unpaired) electrons. The maximum Gasteiger partial charge on any atom is 0.291 e. The van der Waals surface area contributed by atoms with Gasteiger partial charge < -0.3 is 0 Å². The van der Waals surface area contributed by atoms with Crippen molar-refractivity contribution in [3.63, 3.8) is 0 Å². The molecule has 0 aliphatic carbocycles. The minimum absolute atomic E-state index is 0.0528. The summed E-state index contributed by atoms with van der Waals surface area (Å²) >= 11 is 11.6. The fourth-order valence-corrected chi connectivity index (χ4v) is 4.01. The van der Waals surface area contributed by atoms with Crippen molar-refractivity contribution in [1.29, 1.82) is 0 Å². The smallest absolute Gasteiger partial charge is 0.280 e. The maximum atomic E-state index is 12.6. The zero-order valence-electron chi connectivity index (χ0n) is 15.6. The minimum atomic E-state index is -3.77. The zero-order valence-corrected chi connectivity index (χ0v) is 17.9. The topological polar surface area (TPSA) is 81.1 Å². The molecule has 0 fully saturated rings. The van der Waals surface area contributed by atoms with Crippen molar-refractivity contribution in [2.24, 2.45) is 0 Å². The molecule has 0 saturated heterocycles. The molecule has 0 aliphatic heterocycles. The predicted molar refractivity (Wildman–Crippen MR) is 116 cm³/mol. The molecule has 0 atom stereocenters. The van der Waals surface area contributed by atoms with E-state index in [0.29, 0.717) is 11.4 Å². The first kappa shape index (κ1) is 21.4. The summed E-state index contributed by atoms with van der Waals surface area (Å²) < 4.78 is 28.9. The Labute approximate surface area is 179 Å². The summed E-state index contributed by atoms with van der Waals surface area (Å²) in [7, 11) is -3.77. The van der Waals surface area contributed by atoms with Crippen LogP contribution < -0.4 is 10.3 Å². The molecule has 1 aromatic heterocycles. The summed E-state index contributed by atoms with van der Waals surface area (Å²) in [5.41, 5.74) is 1.43. The van der Waals surface area contributed by atoms with Gasteiger partial charge in [0.15, 0.2) is 0 Å². The summed E-state index contributed by atoms with van der Waals surface area (Å²) in [6, 6.07) is 13.1. The molecule has 0 unspecified atom stereocenters. The van der Waals surface area contributed by atoms with E-state index in [0.717, 1.165) is 23.9 Å². The molecule has 152 valence electrons. The Hall–Kier alpha value is -2.35. The van der Waals surface area contributed by atoms with Crippen molar-refractivity contribution in [2.75, 3.05) is 4.72 Å². The van der Waals surface area contributed by atoms with E-state index in [-0.39, 0.29) is 14.9 Å². The quantitative estimate of drug-likeness (QED) is 0.564. The molecule has 1 N–H and O–H groups in total. The van der Waals surface area contributed by atoms with Gasteiger partial charge in [-0.1, -0.05) is 48.7 Å². The second-order valence-electron chi connectivity index (χ2n) is 6.42. The van der Waals surface area contributed by atoms with Crippen LogP contribution >= 0.6 is 23.2 Å². The number of hydrogen-bond donors (Lipinski definition) is 1. The number of benzene rings is 2. The minimum Gasteiger partial charge on any atom is -0.280 e. The highest BCUT2D eigenvalue weighted by Crippen LogP contribution is 2.20. The highest BCUT2D eigenvalue weighted by molar-refractivity contribution is 7.92. The van der Waals surface area contributed by atoms with Crippen molar-refractivity contribution in [1.82, 2.24) is 9.78 Å². The Bertz CT molecular complexity index is 1160. The van der Waals surface area contributed by atoms with E-state index >= 15 is 0 Å². The van der Waals surface area contributed by atoms with E-state index in [1.807, 2.05) is 12.1 Å². The van der Waals surface area contributed by atoms with Crippen molar-refractivity contribution in [2.45, 2.75) is 31.1 Å². The molecular weight excluding hydrogens is 433 g/mol. The normalized spacial score (nSPS) is 11.4. The van der Waals surface area contributed by atoms with Crippen LogP contribution in [-0.2, 0) is 16.4 Å². The van der Waals surface area contributed by atoms with Gasteiger partial charge in [-0.05, 0) is 54.8 Å². The van der Waals surface area contributed by atoms with Gasteiger partial charge in [-0.25, -0.2) is 8.42 Å². The average molecular weight is 452 g/mol. The van der Waals surface area contributed by atoms with Gasteiger partial charge in [-0.3, -0.25) is 9.52 Å². The Morgan fingerprint density at radius 3 is 2.31 bits per heavy atom. The number of anilines is 1. The van der Waals surface area contributed by atoms with Gasteiger partial charge >= 0.3 is 0 Å². The lowest BCUT2D eigenvalue weighted by Gasteiger charge is -2.10. The molecule has 0 saturated carbocycles. The number of nitrogens with zero attached hydrogens (tertiary/aromatic N) is 2. The van der Waals surface area contributed by atoms with E-state index in [2.05, 4.69) is 16.7 Å². The number of rotatable bonds is 7. The molecule has 3 rings (SSSR count). The van der Waals surface area contributed by atoms with Crippen LogP contribution in [0.25, 0.3) is 5.69 Å². The number of aryl methyl sites for hydroxylation is 1. The number of halogens is 2. The third-order valence-corrected chi connectivity index (χ3v) is 6.44. The van der Waals surface area contributed by atoms with Crippen LogP contribution in [0.15, 0.2) is 64.4 Å². The molecule has 0 aliphatic rings. The summed E-state index contributed by atoms with van der Waals surface area (Å²) in [6.07, 6.45) is 4.41. The molecule has 0 amide bonds. The van der Waals surface area contributed by atoms with Crippen LogP contribution in [0.3, 0.4) is 0 Å². The molecule has 6 nitrogen and oxygen atoms in total. The fourth-order valence-electron chi connectivity index (χ4n) is 2.70. The van der Waals surface area contributed by atoms with Gasteiger partial charge in [-0.15, -0.1) is 0 Å². The van der Waals surface area contributed by atoms with Gasteiger partial charge in [0.1, 0.15) is 5.02 Å². The van der Waals surface area contributed by atoms with Gasteiger partial charge in [-0.2, -0.15) is 9.78 Å². The molecular formula is C20H19Cl2N3O3S. The molecule has 2 aromatic carbocycles. The fraction of sp³-hybridized carbons (Fsp3) is 0.200. The van der Waals surface area contributed by atoms with E-state index in [1.165, 1.54) is 36.0 Å². The van der Waals surface area contributed by atoms with Crippen molar-refractivity contribution in [3.05, 3.63) is 80.7 Å².